The zero-order chi connectivity index (χ0) is 13.7. The third-order valence-electron chi connectivity index (χ3n) is 1.90. The number of nitrogens with two attached hydrogens (primary N) is 1. The van der Waals surface area contributed by atoms with E-state index in [1.54, 1.807) is 27.7 Å². The molecule has 0 aliphatic heterocycles. The van der Waals surface area contributed by atoms with Crippen molar-refractivity contribution in [2.75, 3.05) is 13.2 Å². The molecule has 0 spiro atoms. The van der Waals surface area contributed by atoms with Gasteiger partial charge in [0, 0.05) is 13.5 Å². The Hall–Kier alpha value is -1.14. The van der Waals surface area contributed by atoms with Gasteiger partial charge >= 0.3 is 11.9 Å². The van der Waals surface area contributed by atoms with Crippen LogP contribution in [0.2, 0.25) is 0 Å². The van der Waals surface area contributed by atoms with Gasteiger partial charge in [0.25, 0.3) is 0 Å². The largest absolute Gasteiger partial charge is 0.459 e. The predicted molar refractivity (Wildman–Crippen MR) is 60.7 cm³/mol. The van der Waals surface area contributed by atoms with Gasteiger partial charge in [-0.15, -0.1) is 0 Å². The van der Waals surface area contributed by atoms with Crippen LogP contribution in [0.15, 0.2) is 0 Å². The molecule has 0 amide bonds. The average Bonchev–Trinajstić information content (AvgIpc) is 2.14. The van der Waals surface area contributed by atoms with Crippen LogP contribution in [0, 0.1) is 5.41 Å². The van der Waals surface area contributed by atoms with Crippen LogP contribution in [0.1, 0.15) is 34.6 Å². The van der Waals surface area contributed by atoms with Gasteiger partial charge in [0.2, 0.25) is 0 Å². The molecule has 0 saturated heterocycles. The molecule has 0 aliphatic carbocycles. The van der Waals surface area contributed by atoms with Crippen molar-refractivity contribution in [1.82, 2.24) is 0 Å². The van der Waals surface area contributed by atoms with Gasteiger partial charge in [-0.05, 0) is 27.7 Å². The quantitative estimate of drug-likeness (QED) is 0.439. The molecule has 17 heavy (non-hydrogen) atoms. The van der Waals surface area contributed by atoms with Crippen LogP contribution < -0.4 is 5.73 Å². The highest BCUT2D eigenvalue weighted by molar-refractivity contribution is 5.77. The van der Waals surface area contributed by atoms with Gasteiger partial charge in [-0.3, -0.25) is 9.68 Å². The summed E-state index contributed by atoms with van der Waals surface area (Å²) in [6, 6.07) is 0. The lowest BCUT2D eigenvalue weighted by Gasteiger charge is -2.29. The van der Waals surface area contributed by atoms with Gasteiger partial charge in [0.15, 0.2) is 0 Å². The lowest BCUT2D eigenvalue weighted by molar-refractivity contribution is -0.283. The fraction of sp³-hybridized carbons (Fsp3) is 0.818. The Balaban J connectivity index is 4.44. The van der Waals surface area contributed by atoms with Crippen molar-refractivity contribution in [2.45, 2.75) is 40.2 Å². The zero-order valence-corrected chi connectivity index (χ0v) is 11.0. The molecule has 0 saturated carbocycles. The van der Waals surface area contributed by atoms with Crippen molar-refractivity contribution in [2.24, 2.45) is 11.1 Å². The Bertz CT molecular complexity index is 284. The van der Waals surface area contributed by atoms with Gasteiger partial charge in [0.05, 0.1) is 0 Å². The van der Waals surface area contributed by atoms with Gasteiger partial charge in [-0.1, -0.05) is 0 Å². The van der Waals surface area contributed by atoms with E-state index in [4.69, 9.17) is 10.5 Å². The molecule has 6 nitrogen and oxygen atoms in total. The second kappa shape index (κ2) is 5.97. The predicted octanol–water partition coefficient (Wildman–Crippen LogP) is 0.788. The monoisotopic (exact) mass is 247 g/mol. The van der Waals surface area contributed by atoms with Gasteiger partial charge < -0.3 is 10.5 Å². The number of hydrogen-bond acceptors (Lipinski definition) is 6. The van der Waals surface area contributed by atoms with E-state index in [0.29, 0.717) is 0 Å². The molecule has 0 heterocycles. The number of rotatable bonds is 5. The van der Waals surface area contributed by atoms with E-state index >= 15 is 0 Å². The first-order valence-corrected chi connectivity index (χ1v) is 5.34. The number of carbonyl (C=O) groups excluding carboxylic acids is 2. The summed E-state index contributed by atoms with van der Waals surface area (Å²) in [7, 11) is 0. The summed E-state index contributed by atoms with van der Waals surface area (Å²) >= 11 is 0. The van der Waals surface area contributed by atoms with E-state index in [-0.39, 0.29) is 13.2 Å². The Morgan fingerprint density at radius 2 is 1.71 bits per heavy atom. The molecule has 0 aromatic rings. The van der Waals surface area contributed by atoms with Crippen LogP contribution in [0.3, 0.4) is 0 Å². The minimum atomic E-state index is -1.04. The summed E-state index contributed by atoms with van der Waals surface area (Å²) < 4.78 is 5.21. The Morgan fingerprint density at radius 1 is 1.18 bits per heavy atom. The average molecular weight is 247 g/mol. The Morgan fingerprint density at radius 3 is 2.06 bits per heavy atom. The molecule has 0 aromatic heterocycles. The third-order valence-corrected chi connectivity index (χ3v) is 1.90. The summed E-state index contributed by atoms with van der Waals surface area (Å²) in [5, 5.41) is 0. The summed E-state index contributed by atoms with van der Waals surface area (Å²) in [6.45, 7) is 7.96. The summed E-state index contributed by atoms with van der Waals surface area (Å²) in [4.78, 5) is 31.4. The first kappa shape index (κ1) is 15.9. The fourth-order valence-corrected chi connectivity index (χ4v) is 0.845. The lowest BCUT2D eigenvalue weighted by atomic mass is 9.92. The standard InChI is InChI=1S/C11H21NO5/c1-8(13)17-15-7-11(5,6-12)9(14)16-10(2,3)4/h6-7,12H2,1-5H3. The van der Waals surface area contributed by atoms with E-state index < -0.39 is 23.0 Å². The SMILES string of the molecule is CC(=O)OOCC(C)(CN)C(=O)OC(C)(C)C. The maximum Gasteiger partial charge on any atom is 0.339 e. The molecule has 0 fully saturated rings. The molecule has 1 atom stereocenters. The highest BCUT2D eigenvalue weighted by atomic mass is 17.2. The smallest absolute Gasteiger partial charge is 0.339 e. The van der Waals surface area contributed by atoms with Gasteiger partial charge in [0.1, 0.15) is 17.6 Å². The molecular weight excluding hydrogens is 226 g/mol. The summed E-state index contributed by atoms with van der Waals surface area (Å²) in [5.41, 5.74) is 3.88. The first-order valence-electron chi connectivity index (χ1n) is 5.34. The molecule has 0 bridgehead atoms. The van der Waals surface area contributed by atoms with Crippen molar-refractivity contribution in [3.63, 3.8) is 0 Å². The molecule has 0 radical (unpaired) electrons. The van der Waals surface area contributed by atoms with Gasteiger partial charge in [-0.2, -0.15) is 4.89 Å². The number of esters is 1. The van der Waals surface area contributed by atoms with Crippen molar-refractivity contribution < 1.29 is 24.1 Å². The van der Waals surface area contributed by atoms with E-state index in [1.165, 1.54) is 6.92 Å². The van der Waals surface area contributed by atoms with Crippen molar-refractivity contribution in [3.8, 4) is 0 Å². The highest BCUT2D eigenvalue weighted by Gasteiger charge is 2.37. The molecule has 0 rings (SSSR count). The minimum absolute atomic E-state index is 0.0309. The van der Waals surface area contributed by atoms with Crippen molar-refractivity contribution in [3.05, 3.63) is 0 Å². The van der Waals surface area contributed by atoms with E-state index in [2.05, 4.69) is 9.78 Å². The summed E-state index contributed by atoms with van der Waals surface area (Å²) in [5.74, 6) is -1.08. The Kier molecular flexibility index (Phi) is 5.57. The van der Waals surface area contributed by atoms with Crippen LogP contribution in [0.25, 0.3) is 0 Å². The number of carbonyl (C=O) groups is 2. The molecule has 2 N–H and O–H groups in total. The van der Waals surface area contributed by atoms with E-state index in [9.17, 15) is 9.59 Å². The third kappa shape index (κ3) is 6.23. The summed E-state index contributed by atoms with van der Waals surface area (Å²) in [6.07, 6.45) is 0. The fourth-order valence-electron chi connectivity index (χ4n) is 0.845. The van der Waals surface area contributed by atoms with E-state index in [0.717, 1.165) is 0 Å². The first-order chi connectivity index (χ1) is 7.60. The molecular formula is C11H21NO5. The minimum Gasteiger partial charge on any atom is -0.459 e. The zero-order valence-electron chi connectivity index (χ0n) is 11.0. The highest BCUT2D eigenvalue weighted by Crippen LogP contribution is 2.21. The number of ether oxygens (including phenoxy) is 1. The normalized spacial score (nSPS) is 14.9. The second-order valence-electron chi connectivity index (χ2n) is 5.10. The molecule has 6 heteroatoms. The van der Waals surface area contributed by atoms with Crippen LogP contribution in [0.5, 0.6) is 0 Å². The maximum absolute atomic E-state index is 11.9. The van der Waals surface area contributed by atoms with E-state index in [1.807, 2.05) is 0 Å². The maximum atomic E-state index is 11.9. The van der Waals surface area contributed by atoms with Gasteiger partial charge in [-0.25, -0.2) is 4.79 Å². The number of hydrogen-bond donors (Lipinski definition) is 1. The lowest BCUT2D eigenvalue weighted by Crippen LogP contribution is -2.44. The molecule has 0 aromatic carbocycles. The Labute approximate surface area is 101 Å². The van der Waals surface area contributed by atoms with Crippen molar-refractivity contribution >= 4 is 11.9 Å². The molecule has 1 unspecified atom stereocenters. The van der Waals surface area contributed by atoms with Crippen LogP contribution >= 0.6 is 0 Å². The van der Waals surface area contributed by atoms with Crippen molar-refractivity contribution in [1.29, 1.82) is 0 Å². The molecule has 100 valence electrons. The van der Waals surface area contributed by atoms with Crippen LogP contribution in [0.4, 0.5) is 0 Å². The topological polar surface area (TPSA) is 87.9 Å². The van der Waals surface area contributed by atoms with Crippen LogP contribution in [-0.4, -0.2) is 30.7 Å². The molecule has 0 aliphatic rings. The second-order valence-corrected chi connectivity index (χ2v) is 5.10. The van der Waals surface area contributed by atoms with Crippen LogP contribution in [-0.2, 0) is 24.1 Å².